The average Bonchev–Trinajstić information content (AvgIpc) is 2.64. The fourth-order valence-electron chi connectivity index (χ4n) is 2.53. The molecule has 0 aliphatic rings. The lowest BCUT2D eigenvalue weighted by molar-refractivity contribution is -0.116. The Balaban J connectivity index is 2.08. The monoisotopic (exact) mass is 354 g/mol. The van der Waals surface area contributed by atoms with Gasteiger partial charge >= 0.3 is 5.97 Å². The number of carbonyl (C=O) groups excluding carboxylic acids is 3. The summed E-state index contributed by atoms with van der Waals surface area (Å²) < 4.78 is 4.77. The van der Waals surface area contributed by atoms with E-state index < -0.39 is 5.97 Å². The molecule has 0 spiro atoms. The number of hydrogen-bond acceptors (Lipinski definition) is 4. The van der Waals surface area contributed by atoms with Crippen molar-refractivity contribution in [3.8, 4) is 0 Å². The summed E-state index contributed by atoms with van der Waals surface area (Å²) in [6.07, 6.45) is 0. The van der Waals surface area contributed by atoms with Crippen LogP contribution in [0, 0.1) is 6.92 Å². The second-order valence-corrected chi connectivity index (χ2v) is 5.80. The van der Waals surface area contributed by atoms with Crippen molar-refractivity contribution in [2.75, 3.05) is 25.1 Å². The van der Waals surface area contributed by atoms with Gasteiger partial charge in [-0.25, -0.2) is 4.79 Å². The fraction of sp³-hybridized carbons (Fsp3) is 0.250. The van der Waals surface area contributed by atoms with Crippen LogP contribution >= 0.6 is 0 Å². The van der Waals surface area contributed by atoms with Crippen LogP contribution in [-0.2, 0) is 9.53 Å². The number of para-hydroxylation sites is 1. The molecule has 6 heteroatoms. The minimum atomic E-state index is -0.518. The van der Waals surface area contributed by atoms with E-state index in [1.165, 1.54) is 18.9 Å². The zero-order valence-electron chi connectivity index (χ0n) is 15.1. The van der Waals surface area contributed by atoms with Crippen molar-refractivity contribution >= 4 is 23.5 Å². The number of carbonyl (C=O) groups is 3. The van der Waals surface area contributed by atoms with Crippen LogP contribution in [-0.4, -0.2) is 38.0 Å². The molecule has 0 aliphatic carbocycles. The number of nitrogens with one attached hydrogen (secondary N) is 1. The third-order valence-electron chi connectivity index (χ3n) is 3.91. The molecule has 0 fully saturated rings. The number of benzene rings is 2. The molecule has 2 amide bonds. The summed E-state index contributed by atoms with van der Waals surface area (Å²) in [5.41, 5.74) is 2.38. The Kier molecular flexibility index (Phi) is 6.49. The summed E-state index contributed by atoms with van der Waals surface area (Å²) >= 11 is 0. The predicted octanol–water partition coefficient (Wildman–Crippen LogP) is 2.56. The molecule has 0 radical (unpaired) electrons. The van der Waals surface area contributed by atoms with Gasteiger partial charge in [-0.1, -0.05) is 29.8 Å². The molecular formula is C20H22N2O4. The standard InChI is InChI=1S/C20H22N2O4/c1-14-8-10-16(11-9-14)19(24)21-12-13-22(15(2)23)18-7-5-4-6-17(18)20(25)26-3/h4-11H,12-13H2,1-3H3,(H,21,24). The van der Waals surface area contributed by atoms with Gasteiger partial charge in [-0.3, -0.25) is 9.59 Å². The van der Waals surface area contributed by atoms with Crippen LogP contribution in [0.25, 0.3) is 0 Å². The molecule has 0 aliphatic heterocycles. The maximum atomic E-state index is 12.2. The lowest BCUT2D eigenvalue weighted by Gasteiger charge is -2.23. The second-order valence-electron chi connectivity index (χ2n) is 5.80. The Bertz CT molecular complexity index is 800. The van der Waals surface area contributed by atoms with Gasteiger partial charge in [-0.15, -0.1) is 0 Å². The molecular weight excluding hydrogens is 332 g/mol. The van der Waals surface area contributed by atoms with Crippen molar-refractivity contribution in [3.63, 3.8) is 0 Å². The summed E-state index contributed by atoms with van der Waals surface area (Å²) in [7, 11) is 1.29. The molecule has 1 N–H and O–H groups in total. The van der Waals surface area contributed by atoms with E-state index in [1.54, 1.807) is 36.4 Å². The third-order valence-corrected chi connectivity index (χ3v) is 3.91. The second kappa shape index (κ2) is 8.80. The first-order valence-electron chi connectivity index (χ1n) is 8.24. The number of methoxy groups -OCH3 is 1. The van der Waals surface area contributed by atoms with E-state index in [0.29, 0.717) is 16.8 Å². The van der Waals surface area contributed by atoms with Crippen LogP contribution in [0.5, 0.6) is 0 Å². The number of ether oxygens (including phenoxy) is 1. The topological polar surface area (TPSA) is 75.7 Å². The maximum absolute atomic E-state index is 12.2. The molecule has 0 aromatic heterocycles. The molecule has 0 heterocycles. The summed E-state index contributed by atoms with van der Waals surface area (Å²) in [6, 6.07) is 13.9. The van der Waals surface area contributed by atoms with E-state index in [-0.39, 0.29) is 24.9 Å². The number of aryl methyl sites for hydroxylation is 1. The molecule has 26 heavy (non-hydrogen) atoms. The first kappa shape index (κ1) is 19.2. The average molecular weight is 354 g/mol. The Morgan fingerprint density at radius 2 is 1.69 bits per heavy atom. The molecule has 2 rings (SSSR count). The molecule has 0 atom stereocenters. The number of anilines is 1. The number of rotatable bonds is 6. The van der Waals surface area contributed by atoms with Gasteiger partial charge in [0.25, 0.3) is 5.91 Å². The molecule has 136 valence electrons. The van der Waals surface area contributed by atoms with Crippen molar-refractivity contribution in [2.24, 2.45) is 0 Å². The van der Waals surface area contributed by atoms with Crippen molar-refractivity contribution in [3.05, 3.63) is 65.2 Å². The van der Waals surface area contributed by atoms with Gasteiger partial charge in [0, 0.05) is 25.6 Å². The van der Waals surface area contributed by atoms with Crippen LogP contribution in [0.4, 0.5) is 5.69 Å². The van der Waals surface area contributed by atoms with Gasteiger partial charge in [0.05, 0.1) is 18.4 Å². The van der Waals surface area contributed by atoms with E-state index in [1.807, 2.05) is 19.1 Å². The van der Waals surface area contributed by atoms with Gasteiger partial charge in [0.15, 0.2) is 0 Å². The summed E-state index contributed by atoms with van der Waals surface area (Å²) in [4.78, 5) is 37.6. The maximum Gasteiger partial charge on any atom is 0.339 e. The zero-order chi connectivity index (χ0) is 19.1. The van der Waals surface area contributed by atoms with Crippen molar-refractivity contribution in [1.29, 1.82) is 0 Å². The molecule has 0 bridgehead atoms. The van der Waals surface area contributed by atoms with Gasteiger partial charge in [-0.05, 0) is 31.2 Å². The van der Waals surface area contributed by atoms with E-state index in [9.17, 15) is 14.4 Å². The minimum absolute atomic E-state index is 0.213. The lowest BCUT2D eigenvalue weighted by atomic mass is 10.1. The number of amides is 2. The highest BCUT2D eigenvalue weighted by Gasteiger charge is 2.19. The molecule has 2 aromatic carbocycles. The van der Waals surface area contributed by atoms with Crippen LogP contribution in [0.1, 0.15) is 33.2 Å². The van der Waals surface area contributed by atoms with E-state index in [4.69, 9.17) is 4.74 Å². The highest BCUT2D eigenvalue weighted by Crippen LogP contribution is 2.21. The van der Waals surface area contributed by atoms with Crippen molar-refractivity contribution in [2.45, 2.75) is 13.8 Å². The number of nitrogens with zero attached hydrogens (tertiary/aromatic N) is 1. The predicted molar refractivity (Wildman–Crippen MR) is 99.3 cm³/mol. The largest absolute Gasteiger partial charge is 0.465 e. The normalized spacial score (nSPS) is 10.1. The zero-order valence-corrected chi connectivity index (χ0v) is 15.1. The summed E-state index contributed by atoms with van der Waals surface area (Å²) in [6.45, 7) is 3.85. The smallest absolute Gasteiger partial charge is 0.339 e. The number of esters is 1. The summed E-state index contributed by atoms with van der Waals surface area (Å²) in [5.74, 6) is -0.962. The van der Waals surface area contributed by atoms with E-state index in [0.717, 1.165) is 5.56 Å². The fourth-order valence-corrected chi connectivity index (χ4v) is 2.53. The van der Waals surface area contributed by atoms with Crippen LogP contribution < -0.4 is 10.2 Å². The van der Waals surface area contributed by atoms with Crippen molar-refractivity contribution < 1.29 is 19.1 Å². The third kappa shape index (κ3) is 4.69. The molecule has 2 aromatic rings. The van der Waals surface area contributed by atoms with Gasteiger partial charge in [0.1, 0.15) is 0 Å². The number of hydrogen-bond donors (Lipinski definition) is 1. The van der Waals surface area contributed by atoms with Gasteiger partial charge < -0.3 is 15.0 Å². The van der Waals surface area contributed by atoms with Gasteiger partial charge in [0.2, 0.25) is 5.91 Å². The molecule has 0 saturated carbocycles. The Morgan fingerprint density at radius 3 is 2.31 bits per heavy atom. The first-order valence-corrected chi connectivity index (χ1v) is 8.24. The lowest BCUT2D eigenvalue weighted by Crippen LogP contribution is -2.38. The quantitative estimate of drug-likeness (QED) is 0.809. The van der Waals surface area contributed by atoms with Crippen LogP contribution in [0.3, 0.4) is 0 Å². The molecule has 0 saturated heterocycles. The Hall–Kier alpha value is -3.15. The van der Waals surface area contributed by atoms with Gasteiger partial charge in [-0.2, -0.15) is 0 Å². The van der Waals surface area contributed by atoms with E-state index >= 15 is 0 Å². The Morgan fingerprint density at radius 1 is 1.04 bits per heavy atom. The molecule has 6 nitrogen and oxygen atoms in total. The van der Waals surface area contributed by atoms with Crippen molar-refractivity contribution in [1.82, 2.24) is 5.32 Å². The summed E-state index contributed by atoms with van der Waals surface area (Å²) in [5, 5.41) is 2.79. The SMILES string of the molecule is COC(=O)c1ccccc1N(CCNC(=O)c1ccc(C)cc1)C(C)=O. The highest BCUT2D eigenvalue weighted by atomic mass is 16.5. The van der Waals surface area contributed by atoms with E-state index in [2.05, 4.69) is 5.32 Å². The first-order chi connectivity index (χ1) is 12.4. The van der Waals surface area contributed by atoms with Crippen LogP contribution in [0.2, 0.25) is 0 Å². The Labute approximate surface area is 152 Å². The minimum Gasteiger partial charge on any atom is -0.465 e. The van der Waals surface area contributed by atoms with Crippen LogP contribution in [0.15, 0.2) is 48.5 Å². The highest BCUT2D eigenvalue weighted by molar-refractivity contribution is 6.02. The molecule has 0 unspecified atom stereocenters.